The standard InChI is InChI=1S/C9H13FN2OS/c1-9(2,10)7(13)8-12-6(3-4-11)5-14-8/h5H,3-4,11H2,1-2H3. The minimum absolute atomic E-state index is 0.223. The van der Waals surface area contributed by atoms with Gasteiger partial charge in [0.25, 0.3) is 0 Å². The van der Waals surface area contributed by atoms with Crippen LogP contribution in [-0.4, -0.2) is 23.0 Å². The van der Waals surface area contributed by atoms with Crippen LogP contribution in [0.5, 0.6) is 0 Å². The van der Waals surface area contributed by atoms with E-state index in [1.807, 2.05) is 0 Å². The van der Waals surface area contributed by atoms with E-state index in [-0.39, 0.29) is 5.01 Å². The second-order valence-electron chi connectivity index (χ2n) is 3.48. The lowest BCUT2D eigenvalue weighted by molar-refractivity contribution is 0.0759. The van der Waals surface area contributed by atoms with Crippen molar-refractivity contribution < 1.29 is 9.18 Å². The van der Waals surface area contributed by atoms with Gasteiger partial charge in [-0.05, 0) is 20.4 Å². The Hall–Kier alpha value is -0.810. The summed E-state index contributed by atoms with van der Waals surface area (Å²) in [6.45, 7) is 2.95. The molecule has 0 amide bonds. The van der Waals surface area contributed by atoms with Gasteiger partial charge in [-0.15, -0.1) is 11.3 Å². The lowest BCUT2D eigenvalue weighted by Gasteiger charge is -2.09. The average Bonchev–Trinajstić information content (AvgIpc) is 2.50. The highest BCUT2D eigenvalue weighted by Crippen LogP contribution is 2.20. The van der Waals surface area contributed by atoms with Crippen molar-refractivity contribution >= 4 is 17.1 Å². The Bertz CT molecular complexity index is 330. The van der Waals surface area contributed by atoms with E-state index in [0.29, 0.717) is 13.0 Å². The molecule has 0 spiro atoms. The molecule has 2 N–H and O–H groups in total. The molecule has 0 aliphatic carbocycles. The van der Waals surface area contributed by atoms with Crippen LogP contribution in [-0.2, 0) is 6.42 Å². The topological polar surface area (TPSA) is 56.0 Å². The van der Waals surface area contributed by atoms with Gasteiger partial charge in [0.1, 0.15) is 0 Å². The van der Waals surface area contributed by atoms with Crippen LogP contribution in [0.3, 0.4) is 0 Å². The summed E-state index contributed by atoms with van der Waals surface area (Å²) in [4.78, 5) is 15.4. The summed E-state index contributed by atoms with van der Waals surface area (Å²) in [5, 5.41) is 1.97. The average molecular weight is 216 g/mol. The zero-order valence-electron chi connectivity index (χ0n) is 8.21. The van der Waals surface area contributed by atoms with Crippen LogP contribution in [0.1, 0.15) is 29.3 Å². The van der Waals surface area contributed by atoms with Crippen molar-refractivity contribution in [2.75, 3.05) is 6.54 Å². The third-order valence-electron chi connectivity index (χ3n) is 1.69. The first-order valence-corrected chi connectivity index (χ1v) is 5.21. The fourth-order valence-electron chi connectivity index (χ4n) is 0.928. The van der Waals surface area contributed by atoms with E-state index < -0.39 is 11.5 Å². The summed E-state index contributed by atoms with van der Waals surface area (Å²) in [5.74, 6) is -0.564. The number of hydrogen-bond donors (Lipinski definition) is 1. The molecular formula is C9H13FN2OS. The summed E-state index contributed by atoms with van der Waals surface area (Å²) < 4.78 is 13.3. The van der Waals surface area contributed by atoms with Crippen LogP contribution in [0.15, 0.2) is 5.38 Å². The molecule has 1 heterocycles. The third kappa shape index (κ3) is 2.59. The number of carbonyl (C=O) groups is 1. The lowest BCUT2D eigenvalue weighted by Crippen LogP contribution is -2.25. The highest BCUT2D eigenvalue weighted by atomic mass is 32.1. The van der Waals surface area contributed by atoms with Crippen LogP contribution in [0.2, 0.25) is 0 Å². The summed E-state index contributed by atoms with van der Waals surface area (Å²) in [5.41, 5.74) is 4.24. The number of carbonyl (C=O) groups excluding carboxylic acids is 1. The fourth-order valence-corrected chi connectivity index (χ4v) is 1.87. The molecule has 3 nitrogen and oxygen atoms in total. The van der Waals surface area contributed by atoms with Crippen molar-refractivity contribution in [2.45, 2.75) is 25.9 Å². The molecule has 0 aromatic carbocycles. The molecule has 0 fully saturated rings. The van der Waals surface area contributed by atoms with E-state index in [2.05, 4.69) is 4.98 Å². The van der Waals surface area contributed by atoms with E-state index >= 15 is 0 Å². The number of hydrogen-bond acceptors (Lipinski definition) is 4. The van der Waals surface area contributed by atoms with Crippen LogP contribution < -0.4 is 5.73 Å². The van der Waals surface area contributed by atoms with Gasteiger partial charge >= 0.3 is 0 Å². The summed E-state index contributed by atoms with van der Waals surface area (Å²) in [6.07, 6.45) is 0.622. The maximum Gasteiger partial charge on any atom is 0.227 e. The highest BCUT2D eigenvalue weighted by molar-refractivity contribution is 7.11. The van der Waals surface area contributed by atoms with Crippen LogP contribution in [0, 0.1) is 0 Å². The van der Waals surface area contributed by atoms with Gasteiger partial charge in [0.2, 0.25) is 5.78 Å². The molecule has 0 aliphatic heterocycles. The maximum atomic E-state index is 13.3. The molecule has 0 atom stereocenters. The van der Waals surface area contributed by atoms with Crippen molar-refractivity contribution in [2.24, 2.45) is 5.73 Å². The first kappa shape index (κ1) is 11.3. The van der Waals surface area contributed by atoms with E-state index in [1.54, 1.807) is 5.38 Å². The Balaban J connectivity index is 2.82. The number of alkyl halides is 1. The van der Waals surface area contributed by atoms with Crippen molar-refractivity contribution in [3.63, 3.8) is 0 Å². The fraction of sp³-hybridized carbons (Fsp3) is 0.556. The summed E-state index contributed by atoms with van der Waals surface area (Å²) in [6, 6.07) is 0. The Kier molecular flexibility index (Phi) is 3.34. The number of aromatic nitrogens is 1. The number of rotatable bonds is 4. The molecule has 1 rings (SSSR count). The Morgan fingerprint density at radius 2 is 2.36 bits per heavy atom. The molecule has 0 saturated carbocycles. The van der Waals surface area contributed by atoms with Crippen LogP contribution in [0.4, 0.5) is 4.39 Å². The maximum absolute atomic E-state index is 13.3. The normalized spacial score (nSPS) is 11.7. The first-order valence-electron chi connectivity index (χ1n) is 4.33. The molecule has 0 bridgehead atoms. The molecule has 0 radical (unpaired) electrons. The molecule has 14 heavy (non-hydrogen) atoms. The van der Waals surface area contributed by atoms with Crippen molar-refractivity contribution in [3.05, 3.63) is 16.1 Å². The monoisotopic (exact) mass is 216 g/mol. The van der Waals surface area contributed by atoms with E-state index in [9.17, 15) is 9.18 Å². The molecule has 78 valence electrons. The highest BCUT2D eigenvalue weighted by Gasteiger charge is 2.30. The summed E-state index contributed by atoms with van der Waals surface area (Å²) >= 11 is 1.17. The van der Waals surface area contributed by atoms with Gasteiger partial charge in [0.05, 0.1) is 5.69 Å². The minimum Gasteiger partial charge on any atom is -0.330 e. The summed E-state index contributed by atoms with van der Waals surface area (Å²) in [7, 11) is 0. The van der Waals surface area contributed by atoms with Crippen LogP contribution >= 0.6 is 11.3 Å². The Morgan fingerprint density at radius 3 is 2.86 bits per heavy atom. The number of nitrogens with two attached hydrogens (primary N) is 1. The van der Waals surface area contributed by atoms with Crippen molar-refractivity contribution in [1.82, 2.24) is 4.98 Å². The van der Waals surface area contributed by atoms with Gasteiger partial charge in [-0.1, -0.05) is 0 Å². The zero-order valence-corrected chi connectivity index (χ0v) is 9.03. The number of nitrogens with zero attached hydrogens (tertiary/aromatic N) is 1. The molecule has 0 aliphatic rings. The minimum atomic E-state index is -1.85. The second-order valence-corrected chi connectivity index (χ2v) is 4.34. The van der Waals surface area contributed by atoms with Gasteiger partial charge in [-0.3, -0.25) is 4.79 Å². The number of halogens is 1. The molecular weight excluding hydrogens is 203 g/mol. The van der Waals surface area contributed by atoms with Crippen LogP contribution in [0.25, 0.3) is 0 Å². The zero-order chi connectivity index (χ0) is 10.8. The van der Waals surface area contributed by atoms with Gasteiger partial charge in [0.15, 0.2) is 10.7 Å². The number of Topliss-reactive ketones (excluding diaryl/α,β-unsaturated/α-hetero) is 1. The predicted molar refractivity (Wildman–Crippen MR) is 54.4 cm³/mol. The van der Waals surface area contributed by atoms with Gasteiger partial charge in [-0.25, -0.2) is 9.37 Å². The molecule has 1 aromatic heterocycles. The molecule has 5 heteroatoms. The van der Waals surface area contributed by atoms with E-state index in [0.717, 1.165) is 5.69 Å². The number of ketones is 1. The quantitative estimate of drug-likeness (QED) is 0.777. The van der Waals surface area contributed by atoms with Gasteiger partial charge in [0, 0.05) is 11.8 Å². The Labute approximate surface area is 86.1 Å². The van der Waals surface area contributed by atoms with E-state index in [1.165, 1.54) is 25.2 Å². The molecule has 0 saturated heterocycles. The lowest BCUT2D eigenvalue weighted by atomic mass is 10.1. The van der Waals surface area contributed by atoms with Crippen molar-refractivity contribution in [1.29, 1.82) is 0 Å². The van der Waals surface area contributed by atoms with E-state index in [4.69, 9.17) is 5.73 Å². The largest absolute Gasteiger partial charge is 0.330 e. The third-order valence-corrected chi connectivity index (χ3v) is 2.58. The van der Waals surface area contributed by atoms with Crippen molar-refractivity contribution in [3.8, 4) is 0 Å². The Morgan fingerprint density at radius 1 is 1.71 bits per heavy atom. The molecule has 1 aromatic rings. The molecule has 0 unspecified atom stereocenters. The second kappa shape index (κ2) is 4.14. The SMILES string of the molecule is CC(C)(F)C(=O)c1nc(CCN)cs1. The predicted octanol–water partition coefficient (Wildman–Crippen LogP) is 1.58. The first-order chi connectivity index (χ1) is 6.45. The van der Waals surface area contributed by atoms with Gasteiger partial charge in [-0.2, -0.15) is 0 Å². The number of thiazole rings is 1. The smallest absolute Gasteiger partial charge is 0.227 e. The van der Waals surface area contributed by atoms with Gasteiger partial charge < -0.3 is 5.73 Å².